The van der Waals surface area contributed by atoms with E-state index < -0.39 is 0 Å². The van der Waals surface area contributed by atoms with Crippen molar-refractivity contribution in [1.29, 1.82) is 0 Å². The molecule has 0 spiro atoms. The van der Waals surface area contributed by atoms with E-state index in [1.807, 2.05) is 11.8 Å². The van der Waals surface area contributed by atoms with Crippen molar-refractivity contribution in [3.63, 3.8) is 0 Å². The number of unbranched alkanes of at least 4 members (excludes halogenated alkanes) is 1. The van der Waals surface area contributed by atoms with Crippen LogP contribution in [0, 0.1) is 5.82 Å². The molecule has 2 aliphatic heterocycles. The number of hydrogen-bond acceptors (Lipinski definition) is 6. The van der Waals surface area contributed by atoms with Crippen LogP contribution in [-0.2, 0) is 5.75 Å². The molecule has 1 fully saturated rings. The minimum absolute atomic E-state index is 0.230. The molecular formula is C25H33FN2O3S. The average molecular weight is 461 g/mol. The Balaban J connectivity index is 1.22. The second-order valence-electron chi connectivity index (χ2n) is 8.37. The number of hydrogen-bond donors (Lipinski definition) is 0. The number of piperidine rings is 1. The van der Waals surface area contributed by atoms with Crippen LogP contribution in [0.1, 0.15) is 31.2 Å². The molecule has 32 heavy (non-hydrogen) atoms. The number of ether oxygens (including phenoxy) is 3. The predicted octanol–water partition coefficient (Wildman–Crippen LogP) is 5.18. The maximum absolute atomic E-state index is 12.9. The van der Waals surface area contributed by atoms with E-state index in [-0.39, 0.29) is 5.82 Å². The van der Waals surface area contributed by atoms with Gasteiger partial charge in [0.25, 0.3) is 0 Å². The number of thioether (sulfide) groups is 1. The molecule has 174 valence electrons. The van der Waals surface area contributed by atoms with Crippen LogP contribution < -0.4 is 19.1 Å². The van der Waals surface area contributed by atoms with Crippen molar-refractivity contribution in [2.24, 2.45) is 0 Å². The number of likely N-dealkylation sites (tertiary alicyclic amines) is 1. The predicted molar refractivity (Wildman–Crippen MR) is 129 cm³/mol. The van der Waals surface area contributed by atoms with Crippen LogP contribution in [0.4, 0.5) is 10.1 Å². The zero-order valence-corrected chi connectivity index (χ0v) is 19.8. The van der Waals surface area contributed by atoms with E-state index in [1.54, 1.807) is 26.4 Å². The molecule has 0 bridgehead atoms. The van der Waals surface area contributed by atoms with Crippen LogP contribution in [-0.4, -0.2) is 57.3 Å². The van der Waals surface area contributed by atoms with Gasteiger partial charge in [-0.25, -0.2) is 4.39 Å². The Kier molecular flexibility index (Phi) is 8.03. The van der Waals surface area contributed by atoms with E-state index in [9.17, 15) is 4.39 Å². The smallest absolute Gasteiger partial charge is 0.162 e. The Morgan fingerprint density at radius 1 is 1.00 bits per heavy atom. The lowest BCUT2D eigenvalue weighted by Crippen LogP contribution is -2.46. The number of halogens is 1. The molecule has 1 saturated heterocycles. The maximum atomic E-state index is 12.9. The van der Waals surface area contributed by atoms with Crippen molar-refractivity contribution in [3.05, 3.63) is 47.8 Å². The number of anilines is 1. The zero-order valence-electron chi connectivity index (χ0n) is 19.0. The summed E-state index contributed by atoms with van der Waals surface area (Å²) in [6.45, 7) is 4.05. The average Bonchev–Trinajstić information content (AvgIpc) is 2.84. The van der Waals surface area contributed by atoms with Crippen molar-refractivity contribution in [1.82, 2.24) is 4.90 Å². The van der Waals surface area contributed by atoms with Gasteiger partial charge in [0.05, 0.1) is 26.7 Å². The molecule has 0 saturated carbocycles. The van der Waals surface area contributed by atoms with Crippen molar-refractivity contribution in [3.8, 4) is 17.2 Å². The molecule has 0 unspecified atom stereocenters. The molecule has 7 heteroatoms. The Morgan fingerprint density at radius 3 is 2.44 bits per heavy atom. The van der Waals surface area contributed by atoms with Gasteiger partial charge in [-0.3, -0.25) is 0 Å². The Bertz CT molecular complexity index is 872. The molecule has 2 heterocycles. The fraction of sp³-hybridized carbons (Fsp3) is 0.520. The lowest BCUT2D eigenvalue weighted by atomic mass is 10.0. The summed E-state index contributed by atoms with van der Waals surface area (Å²) in [7, 11) is 3.40. The fourth-order valence-electron chi connectivity index (χ4n) is 4.53. The molecular weight excluding hydrogens is 427 g/mol. The first-order chi connectivity index (χ1) is 15.7. The third kappa shape index (κ3) is 5.62. The number of nitrogens with zero attached hydrogens (tertiary/aromatic N) is 2. The van der Waals surface area contributed by atoms with Gasteiger partial charge in [-0.2, -0.15) is 0 Å². The Hall–Kier alpha value is -2.12. The van der Waals surface area contributed by atoms with Crippen LogP contribution in [0.15, 0.2) is 36.4 Å². The van der Waals surface area contributed by atoms with Crippen LogP contribution in [0.3, 0.4) is 0 Å². The van der Waals surface area contributed by atoms with Gasteiger partial charge in [0.2, 0.25) is 0 Å². The van der Waals surface area contributed by atoms with E-state index in [2.05, 4.69) is 21.9 Å². The first kappa shape index (κ1) is 23.1. The lowest BCUT2D eigenvalue weighted by Gasteiger charge is -2.42. The molecule has 0 aromatic heterocycles. The van der Waals surface area contributed by atoms with Crippen molar-refractivity contribution in [2.45, 2.75) is 37.5 Å². The van der Waals surface area contributed by atoms with E-state index in [0.717, 1.165) is 61.4 Å². The standard InChI is InChI=1S/C25H33FN2O3S/c1-29-24-15-19-17-32-18-28(23(19)16-25(24)30-2)21-9-12-27(13-10-21)11-3-4-14-31-22-7-5-20(26)6-8-22/h5-8,15-16,21H,3-4,9-14,17-18H2,1-2H3. The second kappa shape index (κ2) is 11.1. The summed E-state index contributed by atoms with van der Waals surface area (Å²) < 4.78 is 29.7. The van der Waals surface area contributed by atoms with Crippen molar-refractivity contribution in [2.75, 3.05) is 51.2 Å². The summed E-state index contributed by atoms with van der Waals surface area (Å²) in [6.07, 6.45) is 4.49. The monoisotopic (exact) mass is 460 g/mol. The minimum Gasteiger partial charge on any atom is -0.494 e. The van der Waals surface area contributed by atoms with Gasteiger partial charge in [-0.1, -0.05) is 0 Å². The van der Waals surface area contributed by atoms with E-state index in [0.29, 0.717) is 12.6 Å². The third-order valence-corrected chi connectivity index (χ3v) is 7.31. The van der Waals surface area contributed by atoms with E-state index in [4.69, 9.17) is 14.2 Å². The summed E-state index contributed by atoms with van der Waals surface area (Å²) in [4.78, 5) is 5.14. The summed E-state index contributed by atoms with van der Waals surface area (Å²) >= 11 is 1.97. The summed E-state index contributed by atoms with van der Waals surface area (Å²) in [5, 5.41) is 0. The Labute approximate surface area is 194 Å². The van der Waals surface area contributed by atoms with Crippen molar-refractivity contribution < 1.29 is 18.6 Å². The molecule has 0 aliphatic carbocycles. The lowest BCUT2D eigenvalue weighted by molar-refractivity contribution is 0.200. The fourth-order valence-corrected chi connectivity index (χ4v) is 5.62. The van der Waals surface area contributed by atoms with Crippen molar-refractivity contribution >= 4 is 17.4 Å². The third-order valence-electron chi connectivity index (χ3n) is 6.33. The molecule has 2 aromatic carbocycles. The molecule has 0 radical (unpaired) electrons. The van der Waals surface area contributed by atoms with Gasteiger partial charge in [0.1, 0.15) is 11.6 Å². The number of benzene rings is 2. The highest BCUT2D eigenvalue weighted by Crippen LogP contribution is 2.42. The normalized spacial score (nSPS) is 17.2. The molecule has 0 N–H and O–H groups in total. The van der Waals surface area contributed by atoms with Gasteiger partial charge in [-0.15, -0.1) is 11.8 Å². The van der Waals surface area contributed by atoms with Crippen LogP contribution >= 0.6 is 11.8 Å². The second-order valence-corrected chi connectivity index (χ2v) is 9.32. The topological polar surface area (TPSA) is 34.2 Å². The largest absolute Gasteiger partial charge is 0.494 e. The van der Waals surface area contributed by atoms with Crippen LogP contribution in [0.2, 0.25) is 0 Å². The first-order valence-corrected chi connectivity index (χ1v) is 12.5. The Morgan fingerprint density at radius 2 is 1.72 bits per heavy atom. The minimum atomic E-state index is -0.230. The highest BCUT2D eigenvalue weighted by molar-refractivity contribution is 7.98. The molecule has 5 nitrogen and oxygen atoms in total. The van der Waals surface area contributed by atoms with Gasteiger partial charge in [0.15, 0.2) is 11.5 Å². The molecule has 4 rings (SSSR count). The quantitative estimate of drug-likeness (QED) is 0.480. The summed E-state index contributed by atoms with van der Waals surface area (Å²) in [5.41, 5.74) is 2.64. The first-order valence-electron chi connectivity index (χ1n) is 11.4. The van der Waals surface area contributed by atoms with Gasteiger partial charge in [0, 0.05) is 36.6 Å². The number of rotatable bonds is 9. The molecule has 0 amide bonds. The summed E-state index contributed by atoms with van der Waals surface area (Å²) in [5.74, 6) is 4.18. The van der Waals surface area contributed by atoms with Crippen LogP contribution in [0.5, 0.6) is 17.2 Å². The maximum Gasteiger partial charge on any atom is 0.162 e. The van der Waals surface area contributed by atoms with Gasteiger partial charge < -0.3 is 24.0 Å². The highest BCUT2D eigenvalue weighted by atomic mass is 32.2. The SMILES string of the molecule is COc1cc2c(cc1OC)N(C1CCN(CCCCOc3ccc(F)cc3)CC1)CSC2. The van der Waals surface area contributed by atoms with Gasteiger partial charge >= 0.3 is 0 Å². The highest BCUT2D eigenvalue weighted by Gasteiger charge is 2.29. The van der Waals surface area contributed by atoms with E-state index in [1.165, 1.54) is 36.2 Å². The molecule has 0 atom stereocenters. The van der Waals surface area contributed by atoms with E-state index >= 15 is 0 Å². The zero-order chi connectivity index (χ0) is 22.3. The summed E-state index contributed by atoms with van der Waals surface area (Å²) in [6, 6.07) is 11.1. The molecule has 2 aliphatic rings. The molecule has 2 aromatic rings. The number of fused-ring (bicyclic) bond motifs is 1. The number of methoxy groups -OCH3 is 2. The van der Waals surface area contributed by atoms with Crippen LogP contribution in [0.25, 0.3) is 0 Å². The van der Waals surface area contributed by atoms with Gasteiger partial charge in [-0.05, 0) is 68.1 Å².